The minimum atomic E-state index is -0.301. The zero-order valence-corrected chi connectivity index (χ0v) is 12.9. The van der Waals surface area contributed by atoms with Crippen LogP contribution in [0.3, 0.4) is 0 Å². The lowest BCUT2D eigenvalue weighted by atomic mass is 10.0. The van der Waals surface area contributed by atoms with Gasteiger partial charge < -0.3 is 10.2 Å². The molecule has 1 aliphatic rings. The Morgan fingerprint density at radius 3 is 2.52 bits per heavy atom. The van der Waals surface area contributed by atoms with Crippen molar-refractivity contribution in [1.29, 1.82) is 5.26 Å². The van der Waals surface area contributed by atoms with E-state index in [0.29, 0.717) is 18.2 Å². The van der Waals surface area contributed by atoms with Gasteiger partial charge in [0, 0.05) is 31.4 Å². The normalized spacial score (nSPS) is 15.4. The monoisotopic (exact) mass is 310 g/mol. The summed E-state index contributed by atoms with van der Waals surface area (Å²) in [5.41, 5.74) is 2.72. The molecule has 0 aliphatic carbocycles. The highest BCUT2D eigenvalue weighted by atomic mass is 19.1. The predicted octanol–water partition coefficient (Wildman–Crippen LogP) is 2.85. The van der Waals surface area contributed by atoms with E-state index in [1.165, 1.54) is 18.0 Å². The van der Waals surface area contributed by atoms with E-state index in [2.05, 4.69) is 21.3 Å². The molecule has 1 fully saturated rings. The second kappa shape index (κ2) is 7.21. The number of hydrogen-bond acceptors (Lipinski definition) is 4. The molecule has 1 N–H and O–H groups in total. The summed E-state index contributed by atoms with van der Waals surface area (Å²) < 4.78 is 12.8. The molecule has 1 saturated heterocycles. The Morgan fingerprint density at radius 1 is 1.17 bits per heavy atom. The minimum Gasteiger partial charge on any atom is -0.371 e. The third-order valence-corrected chi connectivity index (χ3v) is 4.22. The highest BCUT2D eigenvalue weighted by molar-refractivity contribution is 5.50. The van der Waals surface area contributed by atoms with E-state index < -0.39 is 0 Å². The summed E-state index contributed by atoms with van der Waals surface area (Å²) in [6.45, 7) is 2.64. The maximum atomic E-state index is 12.8. The van der Waals surface area contributed by atoms with Crippen LogP contribution in [0, 0.1) is 17.1 Å². The number of nitriles is 1. The fourth-order valence-electron chi connectivity index (χ4n) is 2.85. The van der Waals surface area contributed by atoms with Crippen molar-refractivity contribution in [3.8, 4) is 6.07 Å². The van der Waals surface area contributed by atoms with Crippen molar-refractivity contribution < 1.29 is 4.39 Å². The number of halogens is 1. The van der Waals surface area contributed by atoms with Crippen molar-refractivity contribution in [2.75, 3.05) is 18.0 Å². The molecule has 0 saturated carbocycles. The topological polar surface area (TPSA) is 52.0 Å². The van der Waals surface area contributed by atoms with Gasteiger partial charge in [0.25, 0.3) is 0 Å². The lowest BCUT2D eigenvalue weighted by molar-refractivity contribution is 0.412. The molecule has 1 aromatic heterocycles. The Morgan fingerprint density at radius 2 is 1.91 bits per heavy atom. The number of benzene rings is 1. The van der Waals surface area contributed by atoms with Crippen molar-refractivity contribution in [1.82, 2.24) is 10.3 Å². The first kappa shape index (κ1) is 15.4. The van der Waals surface area contributed by atoms with Gasteiger partial charge in [-0.25, -0.2) is 4.39 Å². The molecule has 1 aromatic carbocycles. The minimum absolute atomic E-state index is 0.301. The van der Waals surface area contributed by atoms with Crippen LogP contribution in [-0.2, 0) is 6.54 Å². The van der Waals surface area contributed by atoms with Gasteiger partial charge in [-0.3, -0.25) is 4.98 Å². The van der Waals surface area contributed by atoms with E-state index in [-0.39, 0.29) is 5.82 Å². The van der Waals surface area contributed by atoms with Gasteiger partial charge in [-0.05, 0) is 49.2 Å². The van der Waals surface area contributed by atoms with Crippen LogP contribution in [0.25, 0.3) is 0 Å². The second-order valence-corrected chi connectivity index (χ2v) is 5.77. The number of rotatable bonds is 4. The first-order valence-corrected chi connectivity index (χ1v) is 7.83. The summed E-state index contributed by atoms with van der Waals surface area (Å²) in [6, 6.07) is 13.5. The van der Waals surface area contributed by atoms with Crippen molar-refractivity contribution >= 4 is 5.69 Å². The highest BCUT2D eigenvalue weighted by Crippen LogP contribution is 2.20. The van der Waals surface area contributed by atoms with Gasteiger partial charge in [-0.2, -0.15) is 5.26 Å². The maximum absolute atomic E-state index is 12.8. The van der Waals surface area contributed by atoms with Crippen molar-refractivity contribution in [3.63, 3.8) is 0 Å². The van der Waals surface area contributed by atoms with Crippen LogP contribution in [0.15, 0.2) is 42.6 Å². The molecule has 0 spiro atoms. The van der Waals surface area contributed by atoms with E-state index in [4.69, 9.17) is 5.26 Å². The van der Waals surface area contributed by atoms with Gasteiger partial charge in [0.1, 0.15) is 5.82 Å². The van der Waals surface area contributed by atoms with Crippen LogP contribution in [0.2, 0.25) is 0 Å². The van der Waals surface area contributed by atoms with E-state index in [9.17, 15) is 4.39 Å². The van der Waals surface area contributed by atoms with Gasteiger partial charge in [0.2, 0.25) is 0 Å². The Bertz CT molecular complexity index is 668. The lowest BCUT2D eigenvalue weighted by Crippen LogP contribution is -2.42. The van der Waals surface area contributed by atoms with Gasteiger partial charge >= 0.3 is 0 Å². The molecule has 0 bridgehead atoms. The Labute approximate surface area is 135 Å². The average molecular weight is 310 g/mol. The Kier molecular flexibility index (Phi) is 4.84. The van der Waals surface area contributed by atoms with Gasteiger partial charge in [-0.15, -0.1) is 0 Å². The third kappa shape index (κ3) is 4.05. The molecule has 23 heavy (non-hydrogen) atoms. The number of piperidine rings is 1. The van der Waals surface area contributed by atoms with Gasteiger partial charge in [0.15, 0.2) is 0 Å². The molecule has 1 aliphatic heterocycles. The van der Waals surface area contributed by atoms with E-state index in [0.717, 1.165) is 31.6 Å². The van der Waals surface area contributed by atoms with Crippen LogP contribution in [-0.4, -0.2) is 24.1 Å². The summed E-state index contributed by atoms with van der Waals surface area (Å²) in [7, 11) is 0. The molecule has 2 heterocycles. The van der Waals surface area contributed by atoms with Crippen LogP contribution >= 0.6 is 0 Å². The van der Waals surface area contributed by atoms with Crippen LogP contribution in [0.4, 0.5) is 10.1 Å². The molecule has 118 valence electrons. The van der Waals surface area contributed by atoms with E-state index in [1.807, 2.05) is 24.3 Å². The van der Waals surface area contributed by atoms with E-state index >= 15 is 0 Å². The Balaban J connectivity index is 1.48. The summed E-state index contributed by atoms with van der Waals surface area (Å²) in [6.07, 6.45) is 3.37. The summed E-state index contributed by atoms with van der Waals surface area (Å²) in [5, 5.41) is 12.3. The molecule has 0 amide bonds. The lowest BCUT2D eigenvalue weighted by Gasteiger charge is -2.34. The van der Waals surface area contributed by atoms with Crippen LogP contribution in [0.5, 0.6) is 0 Å². The van der Waals surface area contributed by atoms with Gasteiger partial charge in [-0.1, -0.05) is 0 Å². The van der Waals surface area contributed by atoms with Crippen molar-refractivity contribution in [2.24, 2.45) is 0 Å². The molecule has 5 heteroatoms. The highest BCUT2D eigenvalue weighted by Gasteiger charge is 2.19. The summed E-state index contributed by atoms with van der Waals surface area (Å²) >= 11 is 0. The molecule has 4 nitrogen and oxygen atoms in total. The van der Waals surface area contributed by atoms with E-state index in [1.54, 1.807) is 6.07 Å². The van der Waals surface area contributed by atoms with Crippen molar-refractivity contribution in [2.45, 2.75) is 25.4 Å². The fourth-order valence-corrected chi connectivity index (χ4v) is 2.85. The van der Waals surface area contributed by atoms with Gasteiger partial charge in [0.05, 0.1) is 23.5 Å². The number of aromatic nitrogens is 1. The SMILES string of the molecule is N#Cc1ccc(N2CCC(NCc3ccc(F)cn3)CC2)cc1. The third-order valence-electron chi connectivity index (χ3n) is 4.22. The summed E-state index contributed by atoms with van der Waals surface area (Å²) in [4.78, 5) is 6.41. The zero-order chi connectivity index (χ0) is 16.1. The zero-order valence-electron chi connectivity index (χ0n) is 12.9. The smallest absolute Gasteiger partial charge is 0.141 e. The average Bonchev–Trinajstić information content (AvgIpc) is 2.62. The molecule has 0 atom stereocenters. The number of nitrogens with one attached hydrogen (secondary N) is 1. The predicted molar refractivity (Wildman–Crippen MR) is 87.4 cm³/mol. The quantitative estimate of drug-likeness (QED) is 0.943. The first-order chi connectivity index (χ1) is 11.2. The molecule has 0 radical (unpaired) electrons. The molecular weight excluding hydrogens is 291 g/mol. The number of hydrogen-bond donors (Lipinski definition) is 1. The van der Waals surface area contributed by atoms with Crippen molar-refractivity contribution in [3.05, 3.63) is 59.7 Å². The molecule has 0 unspecified atom stereocenters. The first-order valence-electron chi connectivity index (χ1n) is 7.83. The molecular formula is C18H19FN4. The molecule has 2 aromatic rings. The summed E-state index contributed by atoms with van der Waals surface area (Å²) in [5.74, 6) is -0.301. The number of nitrogens with zero attached hydrogens (tertiary/aromatic N) is 3. The standard InChI is InChI=1S/C18H19FN4/c19-15-3-4-17(21-12-15)13-22-16-7-9-23(10-8-16)18-5-1-14(11-20)2-6-18/h1-6,12,16,22H,7-10,13H2. The largest absolute Gasteiger partial charge is 0.371 e. The number of anilines is 1. The second-order valence-electron chi connectivity index (χ2n) is 5.77. The maximum Gasteiger partial charge on any atom is 0.141 e. The molecule has 3 rings (SSSR count). The fraction of sp³-hybridized carbons (Fsp3) is 0.333. The number of pyridine rings is 1. The van der Waals surface area contributed by atoms with Crippen LogP contribution in [0.1, 0.15) is 24.1 Å². The Hall–Kier alpha value is -2.45. The van der Waals surface area contributed by atoms with Crippen LogP contribution < -0.4 is 10.2 Å².